The summed E-state index contributed by atoms with van der Waals surface area (Å²) in [4.78, 5) is 0. The molecule has 0 amide bonds. The molecule has 0 aliphatic heterocycles. The van der Waals surface area contributed by atoms with Gasteiger partial charge in [-0.15, -0.1) is 11.3 Å². The van der Waals surface area contributed by atoms with Crippen LogP contribution in [0, 0.1) is 5.92 Å². The summed E-state index contributed by atoms with van der Waals surface area (Å²) in [6.45, 7) is 7.82. The molecule has 2 rings (SSSR count). The number of nitrogens with one attached hydrogen (secondary N) is 1. The molecule has 1 aromatic heterocycles. The van der Waals surface area contributed by atoms with Gasteiger partial charge in [-0.25, -0.2) is 0 Å². The molecule has 2 heteroatoms. The van der Waals surface area contributed by atoms with E-state index < -0.39 is 0 Å². The maximum atomic E-state index is 3.51. The third-order valence-electron chi connectivity index (χ3n) is 3.00. The molecule has 0 aliphatic carbocycles. The Balaban J connectivity index is 2.03. The number of hydrogen-bond acceptors (Lipinski definition) is 2. The molecule has 0 aliphatic rings. The molecule has 1 nitrogen and oxygen atoms in total. The van der Waals surface area contributed by atoms with Gasteiger partial charge in [-0.05, 0) is 41.3 Å². The Morgan fingerprint density at radius 2 is 1.94 bits per heavy atom. The zero-order valence-corrected chi connectivity index (χ0v) is 11.7. The lowest BCUT2D eigenvalue weighted by Gasteiger charge is -2.14. The van der Waals surface area contributed by atoms with Crippen LogP contribution in [0.4, 0.5) is 0 Å². The van der Waals surface area contributed by atoms with Gasteiger partial charge in [-0.1, -0.05) is 39.0 Å². The van der Waals surface area contributed by atoms with E-state index in [1.54, 1.807) is 0 Å². The lowest BCUT2D eigenvalue weighted by atomic mass is 10.0. The normalized spacial score (nSPS) is 13.4. The molecule has 1 aromatic carbocycles. The fraction of sp³-hybridized carbons (Fsp3) is 0.467. The molecule has 1 heterocycles. The van der Waals surface area contributed by atoms with Crippen molar-refractivity contribution < 1.29 is 0 Å². The van der Waals surface area contributed by atoms with Gasteiger partial charge < -0.3 is 5.32 Å². The molecular formula is C15H21NS. The van der Waals surface area contributed by atoms with E-state index in [4.69, 9.17) is 0 Å². The number of thiophene rings is 1. The Hall–Kier alpha value is -0.860. The molecule has 1 atom stereocenters. The average molecular weight is 247 g/mol. The van der Waals surface area contributed by atoms with Gasteiger partial charge in [-0.3, -0.25) is 0 Å². The zero-order chi connectivity index (χ0) is 12.3. The standard InChI is InChI=1S/C15H21NS/c1-11(2)16-9-12(3)8-13-10-17-15-7-5-4-6-14(13)15/h4-7,10-12,16H,8-9H2,1-3H3. The van der Waals surface area contributed by atoms with Gasteiger partial charge in [0.25, 0.3) is 0 Å². The number of benzene rings is 1. The Bertz CT molecular complexity index is 472. The van der Waals surface area contributed by atoms with Gasteiger partial charge >= 0.3 is 0 Å². The lowest BCUT2D eigenvalue weighted by molar-refractivity contribution is 0.477. The highest BCUT2D eigenvalue weighted by atomic mass is 32.1. The Morgan fingerprint density at radius 3 is 2.71 bits per heavy atom. The second-order valence-corrected chi connectivity index (χ2v) is 6.04. The molecule has 0 saturated carbocycles. The highest BCUT2D eigenvalue weighted by Crippen LogP contribution is 2.27. The van der Waals surface area contributed by atoms with E-state index in [1.807, 2.05) is 11.3 Å². The van der Waals surface area contributed by atoms with Crippen molar-refractivity contribution in [2.45, 2.75) is 33.2 Å². The highest BCUT2D eigenvalue weighted by molar-refractivity contribution is 7.17. The number of fused-ring (bicyclic) bond motifs is 1. The molecule has 1 unspecified atom stereocenters. The second-order valence-electron chi connectivity index (χ2n) is 5.13. The summed E-state index contributed by atoms with van der Waals surface area (Å²) in [5, 5.41) is 7.26. The van der Waals surface area contributed by atoms with Gasteiger partial charge in [0.05, 0.1) is 0 Å². The highest BCUT2D eigenvalue weighted by Gasteiger charge is 2.08. The smallest absolute Gasteiger partial charge is 0.0345 e. The predicted molar refractivity (Wildman–Crippen MR) is 77.8 cm³/mol. The van der Waals surface area contributed by atoms with Crippen molar-refractivity contribution in [1.82, 2.24) is 5.32 Å². The fourth-order valence-electron chi connectivity index (χ4n) is 2.08. The van der Waals surface area contributed by atoms with Crippen LogP contribution in [0.2, 0.25) is 0 Å². The van der Waals surface area contributed by atoms with Crippen LogP contribution < -0.4 is 5.32 Å². The van der Waals surface area contributed by atoms with Crippen LogP contribution in [0.3, 0.4) is 0 Å². The van der Waals surface area contributed by atoms with Crippen molar-refractivity contribution in [3.05, 3.63) is 35.2 Å². The Morgan fingerprint density at radius 1 is 1.18 bits per heavy atom. The summed E-state index contributed by atoms with van der Waals surface area (Å²) in [5.74, 6) is 0.690. The van der Waals surface area contributed by atoms with Gasteiger partial charge in [0.2, 0.25) is 0 Å². The molecule has 2 aromatic rings. The average Bonchev–Trinajstić information content (AvgIpc) is 2.70. The summed E-state index contributed by atoms with van der Waals surface area (Å²) in [5.41, 5.74) is 1.50. The van der Waals surface area contributed by atoms with Gasteiger partial charge in [0.1, 0.15) is 0 Å². The maximum absolute atomic E-state index is 3.51. The first-order valence-electron chi connectivity index (χ1n) is 6.35. The van der Waals surface area contributed by atoms with Crippen LogP contribution >= 0.6 is 11.3 Å². The van der Waals surface area contributed by atoms with Crippen LogP contribution in [-0.2, 0) is 6.42 Å². The van der Waals surface area contributed by atoms with Crippen LogP contribution in [0.5, 0.6) is 0 Å². The van der Waals surface area contributed by atoms with Crippen molar-refractivity contribution in [1.29, 1.82) is 0 Å². The van der Waals surface area contributed by atoms with Gasteiger partial charge in [0.15, 0.2) is 0 Å². The summed E-state index contributed by atoms with van der Waals surface area (Å²) < 4.78 is 1.41. The second kappa shape index (κ2) is 5.65. The predicted octanol–water partition coefficient (Wildman–Crippen LogP) is 4.08. The Labute approximate surface area is 108 Å². The molecule has 0 spiro atoms. The molecule has 17 heavy (non-hydrogen) atoms. The van der Waals surface area contributed by atoms with Crippen LogP contribution in [0.15, 0.2) is 29.6 Å². The van der Waals surface area contributed by atoms with Gasteiger partial charge in [0, 0.05) is 10.7 Å². The third kappa shape index (κ3) is 3.30. The van der Waals surface area contributed by atoms with Crippen LogP contribution in [-0.4, -0.2) is 12.6 Å². The summed E-state index contributed by atoms with van der Waals surface area (Å²) >= 11 is 1.86. The lowest BCUT2D eigenvalue weighted by Crippen LogP contribution is -2.28. The Kier molecular flexibility index (Phi) is 4.19. The van der Waals surface area contributed by atoms with Crippen LogP contribution in [0.25, 0.3) is 10.1 Å². The molecule has 0 saturated heterocycles. The molecule has 0 bridgehead atoms. The summed E-state index contributed by atoms with van der Waals surface area (Å²) in [6, 6.07) is 9.28. The molecule has 92 valence electrons. The van der Waals surface area contributed by atoms with E-state index in [0.29, 0.717) is 12.0 Å². The summed E-state index contributed by atoms with van der Waals surface area (Å²) in [6.07, 6.45) is 1.17. The quantitative estimate of drug-likeness (QED) is 0.839. The zero-order valence-electron chi connectivity index (χ0n) is 10.9. The van der Waals surface area contributed by atoms with E-state index in [9.17, 15) is 0 Å². The van der Waals surface area contributed by atoms with E-state index in [-0.39, 0.29) is 0 Å². The molecular weight excluding hydrogens is 226 g/mol. The van der Waals surface area contributed by atoms with Gasteiger partial charge in [-0.2, -0.15) is 0 Å². The summed E-state index contributed by atoms with van der Waals surface area (Å²) in [7, 11) is 0. The fourth-order valence-corrected chi connectivity index (χ4v) is 3.05. The first kappa shape index (κ1) is 12.6. The van der Waals surface area contributed by atoms with Crippen molar-refractivity contribution in [3.8, 4) is 0 Å². The third-order valence-corrected chi connectivity index (χ3v) is 4.02. The minimum absolute atomic E-state index is 0.580. The topological polar surface area (TPSA) is 12.0 Å². The van der Waals surface area contributed by atoms with Crippen molar-refractivity contribution in [2.75, 3.05) is 6.54 Å². The SMILES string of the molecule is CC(CNC(C)C)Cc1csc2ccccc12. The minimum Gasteiger partial charge on any atom is -0.314 e. The first-order chi connectivity index (χ1) is 8.16. The number of hydrogen-bond donors (Lipinski definition) is 1. The molecule has 1 N–H and O–H groups in total. The van der Waals surface area contributed by atoms with Crippen molar-refractivity contribution >= 4 is 21.4 Å². The molecule has 0 radical (unpaired) electrons. The maximum Gasteiger partial charge on any atom is 0.0345 e. The van der Waals surface area contributed by atoms with E-state index in [0.717, 1.165) is 6.54 Å². The van der Waals surface area contributed by atoms with Crippen LogP contribution in [0.1, 0.15) is 26.3 Å². The number of rotatable bonds is 5. The minimum atomic E-state index is 0.580. The molecule has 0 fully saturated rings. The van der Waals surface area contributed by atoms with Crippen molar-refractivity contribution in [2.24, 2.45) is 5.92 Å². The van der Waals surface area contributed by atoms with E-state index in [2.05, 4.69) is 55.7 Å². The van der Waals surface area contributed by atoms with E-state index in [1.165, 1.54) is 22.1 Å². The monoisotopic (exact) mass is 247 g/mol. The van der Waals surface area contributed by atoms with E-state index >= 15 is 0 Å². The van der Waals surface area contributed by atoms with Crippen molar-refractivity contribution in [3.63, 3.8) is 0 Å². The largest absolute Gasteiger partial charge is 0.314 e. The first-order valence-corrected chi connectivity index (χ1v) is 7.23.